The largest absolute Gasteiger partial charge is 0.464 e. The highest BCUT2D eigenvalue weighted by molar-refractivity contribution is 7.89. The summed E-state index contributed by atoms with van der Waals surface area (Å²) in [6.07, 6.45) is 1.64. The molecule has 0 amide bonds. The van der Waals surface area contributed by atoms with Crippen LogP contribution in [0.2, 0.25) is 0 Å². The van der Waals surface area contributed by atoms with Crippen molar-refractivity contribution in [2.45, 2.75) is 51.1 Å². The molecule has 6 nitrogen and oxygen atoms in total. The van der Waals surface area contributed by atoms with Gasteiger partial charge in [-0.2, -0.15) is 0 Å². The van der Waals surface area contributed by atoms with E-state index in [0.29, 0.717) is 31.1 Å². The van der Waals surface area contributed by atoms with Gasteiger partial charge >= 0.3 is 0 Å². The molecule has 1 atom stereocenters. The Labute approximate surface area is 127 Å². The fraction of sp³-hybridized carbons (Fsp3) is 0.714. The summed E-state index contributed by atoms with van der Waals surface area (Å²) in [5.74, 6) is 1.04. The minimum Gasteiger partial charge on any atom is -0.464 e. The SMILES string of the molecule is CCCNCc1cc(S(=O)(=O)NC(C)CCOC)c(C)o1. The molecule has 122 valence electrons. The van der Waals surface area contributed by atoms with Crippen molar-refractivity contribution in [3.8, 4) is 0 Å². The van der Waals surface area contributed by atoms with Crippen LogP contribution in [0.3, 0.4) is 0 Å². The molecule has 1 aromatic heterocycles. The summed E-state index contributed by atoms with van der Waals surface area (Å²) in [6, 6.07) is 1.40. The highest BCUT2D eigenvalue weighted by atomic mass is 32.2. The Hall–Kier alpha value is -0.890. The lowest BCUT2D eigenvalue weighted by atomic mass is 10.3. The molecule has 0 saturated carbocycles. The van der Waals surface area contributed by atoms with Gasteiger partial charge in [0.2, 0.25) is 10.0 Å². The molecule has 0 bridgehead atoms. The Morgan fingerprint density at radius 2 is 2.14 bits per heavy atom. The molecule has 1 heterocycles. The van der Waals surface area contributed by atoms with E-state index in [-0.39, 0.29) is 10.9 Å². The van der Waals surface area contributed by atoms with E-state index in [2.05, 4.69) is 17.0 Å². The van der Waals surface area contributed by atoms with Crippen LogP contribution < -0.4 is 10.0 Å². The van der Waals surface area contributed by atoms with Gasteiger partial charge in [-0.05, 0) is 33.2 Å². The van der Waals surface area contributed by atoms with Crippen LogP contribution in [-0.4, -0.2) is 34.7 Å². The van der Waals surface area contributed by atoms with Gasteiger partial charge in [-0.25, -0.2) is 13.1 Å². The van der Waals surface area contributed by atoms with E-state index in [9.17, 15) is 8.42 Å². The van der Waals surface area contributed by atoms with Crippen molar-refractivity contribution in [2.75, 3.05) is 20.3 Å². The first-order chi connectivity index (χ1) is 9.90. The molecule has 1 aromatic rings. The summed E-state index contributed by atoms with van der Waals surface area (Å²) in [5, 5.41) is 3.19. The highest BCUT2D eigenvalue weighted by Gasteiger charge is 2.23. The fourth-order valence-electron chi connectivity index (χ4n) is 1.95. The lowest BCUT2D eigenvalue weighted by Gasteiger charge is -2.12. The van der Waals surface area contributed by atoms with Gasteiger partial charge in [-0.3, -0.25) is 0 Å². The minimum atomic E-state index is -3.56. The number of furan rings is 1. The fourth-order valence-corrected chi connectivity index (χ4v) is 3.43. The molecule has 2 N–H and O–H groups in total. The molecule has 0 fully saturated rings. The molecule has 0 aromatic carbocycles. The van der Waals surface area contributed by atoms with Crippen LogP contribution in [0.4, 0.5) is 0 Å². The number of rotatable bonds is 10. The molecule has 21 heavy (non-hydrogen) atoms. The first kappa shape index (κ1) is 18.2. The summed E-state index contributed by atoms with van der Waals surface area (Å²) < 4.78 is 37.8. The van der Waals surface area contributed by atoms with Crippen molar-refractivity contribution < 1.29 is 17.6 Å². The van der Waals surface area contributed by atoms with Gasteiger partial charge in [-0.1, -0.05) is 6.92 Å². The zero-order valence-corrected chi connectivity index (χ0v) is 14.0. The second-order valence-corrected chi connectivity index (χ2v) is 6.80. The molecular formula is C14H26N2O4S. The lowest BCUT2D eigenvalue weighted by Crippen LogP contribution is -2.33. The van der Waals surface area contributed by atoms with E-state index in [1.807, 2.05) is 6.92 Å². The number of nitrogens with one attached hydrogen (secondary N) is 2. The minimum absolute atomic E-state index is 0.189. The number of methoxy groups -OCH3 is 1. The van der Waals surface area contributed by atoms with E-state index < -0.39 is 10.0 Å². The van der Waals surface area contributed by atoms with Crippen LogP contribution in [0, 0.1) is 6.92 Å². The Balaban J connectivity index is 2.74. The maximum Gasteiger partial charge on any atom is 0.244 e. The number of hydrogen-bond donors (Lipinski definition) is 2. The van der Waals surface area contributed by atoms with Gasteiger partial charge in [0.05, 0.1) is 6.54 Å². The van der Waals surface area contributed by atoms with Crippen molar-refractivity contribution in [1.82, 2.24) is 10.0 Å². The van der Waals surface area contributed by atoms with E-state index in [4.69, 9.17) is 9.15 Å². The zero-order valence-electron chi connectivity index (χ0n) is 13.2. The van der Waals surface area contributed by atoms with Crippen molar-refractivity contribution in [3.63, 3.8) is 0 Å². The van der Waals surface area contributed by atoms with Crippen molar-refractivity contribution in [1.29, 1.82) is 0 Å². The lowest BCUT2D eigenvalue weighted by molar-refractivity contribution is 0.188. The summed E-state index contributed by atoms with van der Waals surface area (Å²) in [5.41, 5.74) is 0. The van der Waals surface area contributed by atoms with E-state index in [1.165, 1.54) is 0 Å². The molecule has 0 spiro atoms. The van der Waals surface area contributed by atoms with Crippen LogP contribution in [0.25, 0.3) is 0 Å². The van der Waals surface area contributed by atoms with Crippen LogP contribution in [-0.2, 0) is 21.3 Å². The molecule has 0 radical (unpaired) electrons. The number of ether oxygens (including phenoxy) is 1. The number of sulfonamides is 1. The third-order valence-corrected chi connectivity index (χ3v) is 4.75. The Bertz CT molecular complexity index is 525. The van der Waals surface area contributed by atoms with Gasteiger partial charge in [0.25, 0.3) is 0 Å². The van der Waals surface area contributed by atoms with Gasteiger partial charge < -0.3 is 14.5 Å². The molecule has 1 rings (SSSR count). The maximum atomic E-state index is 12.3. The second kappa shape index (κ2) is 8.53. The first-order valence-corrected chi connectivity index (χ1v) is 8.70. The summed E-state index contributed by atoms with van der Waals surface area (Å²) >= 11 is 0. The third-order valence-electron chi connectivity index (χ3n) is 3.05. The summed E-state index contributed by atoms with van der Waals surface area (Å²) in [4.78, 5) is 0.208. The topological polar surface area (TPSA) is 80.6 Å². The summed E-state index contributed by atoms with van der Waals surface area (Å²) in [7, 11) is -1.96. The van der Waals surface area contributed by atoms with Gasteiger partial charge in [-0.15, -0.1) is 0 Å². The number of aryl methyl sites for hydroxylation is 1. The molecule has 0 saturated heterocycles. The predicted molar refractivity (Wildman–Crippen MR) is 81.7 cm³/mol. The highest BCUT2D eigenvalue weighted by Crippen LogP contribution is 2.20. The third kappa shape index (κ3) is 5.78. The average molecular weight is 318 g/mol. The Kier molecular flexibility index (Phi) is 7.37. The molecular weight excluding hydrogens is 292 g/mol. The molecule has 7 heteroatoms. The van der Waals surface area contributed by atoms with Crippen molar-refractivity contribution in [3.05, 3.63) is 17.6 Å². The summed E-state index contributed by atoms with van der Waals surface area (Å²) in [6.45, 7) is 7.47. The molecule has 0 aliphatic carbocycles. The normalized spacial score (nSPS) is 13.5. The first-order valence-electron chi connectivity index (χ1n) is 7.22. The second-order valence-electron chi connectivity index (χ2n) is 5.11. The van der Waals surface area contributed by atoms with Crippen LogP contribution in [0.1, 0.15) is 38.2 Å². The van der Waals surface area contributed by atoms with E-state index >= 15 is 0 Å². The van der Waals surface area contributed by atoms with E-state index in [0.717, 1.165) is 13.0 Å². The zero-order chi connectivity index (χ0) is 15.9. The van der Waals surface area contributed by atoms with E-state index in [1.54, 1.807) is 20.1 Å². The average Bonchev–Trinajstić information content (AvgIpc) is 2.78. The van der Waals surface area contributed by atoms with Gasteiger partial charge in [0.15, 0.2) is 0 Å². The van der Waals surface area contributed by atoms with Crippen molar-refractivity contribution >= 4 is 10.0 Å². The van der Waals surface area contributed by atoms with Crippen molar-refractivity contribution in [2.24, 2.45) is 0 Å². The molecule has 0 aliphatic heterocycles. The van der Waals surface area contributed by atoms with Gasteiger partial charge in [0.1, 0.15) is 16.4 Å². The standard InChI is InChI=1S/C14H26N2O4S/c1-5-7-15-10-13-9-14(12(3)20-13)21(17,18)16-11(2)6-8-19-4/h9,11,15-16H,5-8,10H2,1-4H3. The monoisotopic (exact) mass is 318 g/mol. The molecule has 0 aliphatic rings. The predicted octanol–water partition coefficient (Wildman–Crippen LogP) is 1.79. The van der Waals surface area contributed by atoms with Crippen LogP contribution >= 0.6 is 0 Å². The van der Waals surface area contributed by atoms with Crippen LogP contribution in [0.15, 0.2) is 15.4 Å². The molecule has 1 unspecified atom stereocenters. The smallest absolute Gasteiger partial charge is 0.244 e. The maximum absolute atomic E-state index is 12.3. The van der Waals surface area contributed by atoms with Crippen LogP contribution in [0.5, 0.6) is 0 Å². The van der Waals surface area contributed by atoms with Gasteiger partial charge in [0, 0.05) is 25.8 Å². The quantitative estimate of drug-likeness (QED) is 0.643. The Morgan fingerprint density at radius 1 is 1.43 bits per heavy atom. The number of hydrogen-bond acceptors (Lipinski definition) is 5. The Morgan fingerprint density at radius 3 is 2.76 bits per heavy atom.